The molecule has 2 aromatic rings. The zero-order valence-corrected chi connectivity index (χ0v) is 11.2. The van der Waals surface area contributed by atoms with Gasteiger partial charge in [-0.15, -0.1) is 11.3 Å². The van der Waals surface area contributed by atoms with E-state index in [2.05, 4.69) is 9.82 Å². The van der Waals surface area contributed by atoms with Gasteiger partial charge in [-0.25, -0.2) is 13.1 Å². The van der Waals surface area contributed by atoms with Crippen LogP contribution < -0.4 is 4.72 Å². The summed E-state index contributed by atoms with van der Waals surface area (Å²) in [5.74, 6) is 0. The normalized spacial score (nSPS) is 11.9. The first-order valence-corrected chi connectivity index (χ1v) is 7.48. The number of rotatable bonds is 4. The van der Waals surface area contributed by atoms with Gasteiger partial charge in [-0.05, 0) is 11.4 Å². The Morgan fingerprint density at radius 1 is 1.53 bits per heavy atom. The van der Waals surface area contributed by atoms with Crippen molar-refractivity contribution in [3.63, 3.8) is 0 Å². The number of sulfonamides is 1. The van der Waals surface area contributed by atoms with Gasteiger partial charge in [0.2, 0.25) is 10.0 Å². The van der Waals surface area contributed by atoms with E-state index in [1.807, 2.05) is 17.5 Å². The predicted molar refractivity (Wildman–Crippen MR) is 67.4 cm³/mol. The van der Waals surface area contributed by atoms with E-state index < -0.39 is 10.0 Å². The molecule has 0 saturated carbocycles. The van der Waals surface area contributed by atoms with Crippen LogP contribution in [0.1, 0.15) is 6.92 Å². The fourth-order valence-corrected chi connectivity index (χ4v) is 3.54. The smallest absolute Gasteiger partial charge is 0.244 e. The van der Waals surface area contributed by atoms with Crippen LogP contribution in [-0.4, -0.2) is 24.7 Å². The van der Waals surface area contributed by atoms with Crippen LogP contribution in [0.3, 0.4) is 0 Å². The maximum Gasteiger partial charge on any atom is 0.244 e. The largest absolute Gasteiger partial charge is 0.274 e. The lowest BCUT2D eigenvalue weighted by atomic mass is 10.3. The highest BCUT2D eigenvalue weighted by molar-refractivity contribution is 7.89. The van der Waals surface area contributed by atoms with Crippen molar-refractivity contribution in [2.45, 2.75) is 11.8 Å². The molecule has 7 heteroatoms. The van der Waals surface area contributed by atoms with Crippen molar-refractivity contribution in [2.24, 2.45) is 7.05 Å². The number of aromatic nitrogens is 2. The number of thiophene rings is 1. The van der Waals surface area contributed by atoms with E-state index in [1.165, 1.54) is 22.2 Å². The molecular formula is C10H13N3O2S2. The van der Waals surface area contributed by atoms with Gasteiger partial charge in [0, 0.05) is 19.8 Å². The summed E-state index contributed by atoms with van der Waals surface area (Å²) in [4.78, 5) is 1.08. The van der Waals surface area contributed by atoms with Gasteiger partial charge in [0.1, 0.15) is 10.6 Å². The highest BCUT2D eigenvalue weighted by Gasteiger charge is 2.22. The molecule has 0 spiro atoms. The summed E-state index contributed by atoms with van der Waals surface area (Å²) in [5.41, 5.74) is 0.503. The second-order valence-corrected chi connectivity index (χ2v) is 6.18. The Kier molecular flexibility index (Phi) is 3.32. The average Bonchev–Trinajstić information content (AvgIpc) is 2.85. The van der Waals surface area contributed by atoms with Crippen LogP contribution in [0.15, 0.2) is 28.6 Å². The minimum absolute atomic E-state index is 0.226. The van der Waals surface area contributed by atoms with Gasteiger partial charge in [0.05, 0.1) is 4.88 Å². The van der Waals surface area contributed by atoms with Gasteiger partial charge < -0.3 is 0 Å². The second-order valence-electron chi connectivity index (χ2n) is 3.49. The monoisotopic (exact) mass is 271 g/mol. The molecule has 2 aromatic heterocycles. The number of nitrogens with one attached hydrogen (secondary N) is 1. The average molecular weight is 271 g/mol. The third-order valence-electron chi connectivity index (χ3n) is 2.17. The van der Waals surface area contributed by atoms with Crippen LogP contribution in [0, 0.1) is 0 Å². The molecule has 0 aliphatic rings. The number of nitrogens with zero attached hydrogens (tertiary/aromatic N) is 2. The molecule has 0 fully saturated rings. The van der Waals surface area contributed by atoms with Crippen LogP contribution in [0.5, 0.6) is 0 Å². The molecule has 0 aromatic carbocycles. The number of aryl methyl sites for hydroxylation is 1. The fraction of sp³-hybridized carbons (Fsp3) is 0.300. The zero-order chi connectivity index (χ0) is 12.5. The Bertz CT molecular complexity index is 600. The molecule has 2 rings (SSSR count). The Morgan fingerprint density at radius 3 is 2.88 bits per heavy atom. The van der Waals surface area contributed by atoms with Crippen LogP contribution in [0.25, 0.3) is 10.6 Å². The predicted octanol–water partition coefficient (Wildman–Crippen LogP) is 1.45. The van der Waals surface area contributed by atoms with E-state index in [0.29, 0.717) is 12.2 Å². The quantitative estimate of drug-likeness (QED) is 0.915. The first-order chi connectivity index (χ1) is 8.04. The summed E-state index contributed by atoms with van der Waals surface area (Å²) in [5, 5.41) is 6.11. The van der Waals surface area contributed by atoms with Crippen LogP contribution in [-0.2, 0) is 17.1 Å². The SMILES string of the molecule is CCNS(=O)(=O)c1cn(C)nc1-c1cccs1. The van der Waals surface area contributed by atoms with E-state index in [4.69, 9.17) is 0 Å². The van der Waals surface area contributed by atoms with Crippen molar-refractivity contribution in [1.82, 2.24) is 14.5 Å². The van der Waals surface area contributed by atoms with E-state index in [0.717, 1.165) is 4.88 Å². The van der Waals surface area contributed by atoms with E-state index in [9.17, 15) is 8.42 Å². The van der Waals surface area contributed by atoms with Gasteiger partial charge in [0.15, 0.2) is 0 Å². The summed E-state index contributed by atoms with van der Waals surface area (Å²) in [6.45, 7) is 2.11. The maximum atomic E-state index is 12.0. The number of hydrogen-bond acceptors (Lipinski definition) is 4. The van der Waals surface area contributed by atoms with Gasteiger partial charge in [0.25, 0.3) is 0 Å². The summed E-state index contributed by atoms with van der Waals surface area (Å²) in [7, 11) is -1.76. The van der Waals surface area contributed by atoms with Crippen molar-refractivity contribution in [3.8, 4) is 10.6 Å². The fourth-order valence-electron chi connectivity index (χ4n) is 1.52. The topological polar surface area (TPSA) is 64.0 Å². The van der Waals surface area contributed by atoms with Crippen molar-refractivity contribution in [2.75, 3.05) is 6.54 Å². The lowest BCUT2D eigenvalue weighted by Gasteiger charge is -2.02. The lowest BCUT2D eigenvalue weighted by Crippen LogP contribution is -2.23. The van der Waals surface area contributed by atoms with Gasteiger partial charge in [-0.1, -0.05) is 13.0 Å². The molecule has 0 bridgehead atoms. The second kappa shape index (κ2) is 4.59. The van der Waals surface area contributed by atoms with E-state index in [1.54, 1.807) is 14.0 Å². The summed E-state index contributed by atoms with van der Waals surface area (Å²) in [6.07, 6.45) is 1.52. The maximum absolute atomic E-state index is 12.0. The molecule has 92 valence electrons. The minimum Gasteiger partial charge on any atom is -0.274 e. The third-order valence-corrected chi connectivity index (χ3v) is 4.60. The first kappa shape index (κ1) is 12.3. The molecule has 0 amide bonds. The molecule has 0 atom stereocenters. The summed E-state index contributed by atoms with van der Waals surface area (Å²) in [6, 6.07) is 3.73. The molecule has 2 heterocycles. The van der Waals surface area contributed by atoms with Crippen molar-refractivity contribution in [1.29, 1.82) is 0 Å². The van der Waals surface area contributed by atoms with Crippen molar-refractivity contribution >= 4 is 21.4 Å². The van der Waals surface area contributed by atoms with E-state index in [-0.39, 0.29) is 4.90 Å². The van der Waals surface area contributed by atoms with Gasteiger partial charge in [-0.2, -0.15) is 5.10 Å². The Hall–Kier alpha value is -1.18. The summed E-state index contributed by atoms with van der Waals surface area (Å²) < 4.78 is 28.0. The van der Waals surface area contributed by atoms with Crippen LogP contribution >= 0.6 is 11.3 Å². The molecule has 0 unspecified atom stereocenters. The Labute approximate surface area is 104 Å². The summed E-state index contributed by atoms with van der Waals surface area (Å²) >= 11 is 1.47. The Balaban J connectivity index is 2.56. The third kappa shape index (κ3) is 2.41. The highest BCUT2D eigenvalue weighted by Crippen LogP contribution is 2.29. The van der Waals surface area contributed by atoms with Crippen molar-refractivity contribution in [3.05, 3.63) is 23.7 Å². The standard InChI is InChI=1S/C10H13N3O2S2/c1-3-11-17(14,15)9-7-13(2)12-10(9)8-5-4-6-16-8/h4-7,11H,3H2,1-2H3. The molecule has 1 N–H and O–H groups in total. The van der Waals surface area contributed by atoms with E-state index >= 15 is 0 Å². The van der Waals surface area contributed by atoms with Gasteiger partial charge in [-0.3, -0.25) is 4.68 Å². The molecule has 17 heavy (non-hydrogen) atoms. The van der Waals surface area contributed by atoms with Crippen LogP contribution in [0.4, 0.5) is 0 Å². The number of hydrogen-bond donors (Lipinski definition) is 1. The van der Waals surface area contributed by atoms with Gasteiger partial charge >= 0.3 is 0 Å². The molecule has 5 nitrogen and oxygen atoms in total. The van der Waals surface area contributed by atoms with Crippen molar-refractivity contribution < 1.29 is 8.42 Å². The highest BCUT2D eigenvalue weighted by atomic mass is 32.2. The molecule has 0 aliphatic carbocycles. The molecule has 0 saturated heterocycles. The Morgan fingerprint density at radius 2 is 2.29 bits per heavy atom. The molecule has 0 aliphatic heterocycles. The zero-order valence-electron chi connectivity index (χ0n) is 9.54. The first-order valence-electron chi connectivity index (χ1n) is 5.12. The molecule has 0 radical (unpaired) electrons. The van der Waals surface area contributed by atoms with Crippen LogP contribution in [0.2, 0.25) is 0 Å². The molecular weight excluding hydrogens is 258 g/mol. The minimum atomic E-state index is -3.47. The lowest BCUT2D eigenvalue weighted by molar-refractivity contribution is 0.584.